The summed E-state index contributed by atoms with van der Waals surface area (Å²) >= 11 is 7.38. The Bertz CT molecular complexity index is 449. The zero-order chi connectivity index (χ0) is 10.8. The predicted octanol–water partition coefficient (Wildman–Crippen LogP) is 2.67. The van der Waals surface area contributed by atoms with E-state index in [1.54, 1.807) is 0 Å². The van der Waals surface area contributed by atoms with E-state index in [-0.39, 0.29) is 6.04 Å². The van der Waals surface area contributed by atoms with Crippen molar-refractivity contribution < 1.29 is 0 Å². The lowest BCUT2D eigenvalue weighted by molar-refractivity contribution is 0.658. The van der Waals surface area contributed by atoms with Gasteiger partial charge < -0.3 is 5.73 Å². The third-order valence-electron chi connectivity index (χ3n) is 2.24. The van der Waals surface area contributed by atoms with E-state index in [2.05, 4.69) is 5.10 Å². The minimum atomic E-state index is -0.122. The fourth-order valence-corrected chi connectivity index (χ4v) is 2.46. The highest BCUT2D eigenvalue weighted by Crippen LogP contribution is 2.29. The van der Waals surface area contributed by atoms with Crippen LogP contribution in [-0.4, -0.2) is 9.78 Å². The highest BCUT2D eigenvalue weighted by Gasteiger charge is 2.12. The van der Waals surface area contributed by atoms with E-state index in [0.717, 1.165) is 21.3 Å². The second kappa shape index (κ2) is 4.35. The second-order valence-corrected chi connectivity index (χ2v) is 5.00. The van der Waals surface area contributed by atoms with Crippen LogP contribution in [0, 0.1) is 0 Å². The van der Waals surface area contributed by atoms with E-state index in [1.165, 1.54) is 11.3 Å². The molecule has 80 valence electrons. The van der Waals surface area contributed by atoms with Crippen molar-refractivity contribution in [3.05, 3.63) is 39.3 Å². The molecule has 0 saturated carbocycles. The topological polar surface area (TPSA) is 43.8 Å². The molecule has 0 fully saturated rings. The summed E-state index contributed by atoms with van der Waals surface area (Å²) in [5.74, 6) is 0. The number of rotatable bonds is 3. The van der Waals surface area contributed by atoms with Crippen LogP contribution in [0.1, 0.15) is 23.4 Å². The molecule has 0 spiro atoms. The number of hydrogen-bond donors (Lipinski definition) is 1. The molecule has 2 aromatic rings. The van der Waals surface area contributed by atoms with Crippen LogP contribution in [0.4, 0.5) is 0 Å². The number of halogens is 1. The zero-order valence-electron chi connectivity index (χ0n) is 8.35. The van der Waals surface area contributed by atoms with E-state index in [4.69, 9.17) is 17.3 Å². The van der Waals surface area contributed by atoms with Gasteiger partial charge in [0.15, 0.2) is 0 Å². The molecule has 0 saturated heterocycles. The van der Waals surface area contributed by atoms with Crippen LogP contribution in [0.2, 0.25) is 4.34 Å². The molecule has 1 unspecified atom stereocenters. The molecule has 0 aliphatic heterocycles. The van der Waals surface area contributed by atoms with Crippen LogP contribution in [0.5, 0.6) is 0 Å². The van der Waals surface area contributed by atoms with E-state index in [9.17, 15) is 0 Å². The standard InChI is InChI=1S/C10H12ClN3S/c1-2-14-6-7(5-13-14)10(12)8-3-4-9(11)15-8/h3-6,10H,2,12H2,1H3. The lowest BCUT2D eigenvalue weighted by Crippen LogP contribution is -2.09. The molecule has 2 rings (SSSR count). The fraction of sp³-hybridized carbons (Fsp3) is 0.300. The van der Waals surface area contributed by atoms with Crippen LogP contribution in [-0.2, 0) is 6.54 Å². The molecular formula is C10H12ClN3S. The van der Waals surface area contributed by atoms with Gasteiger partial charge in [-0.1, -0.05) is 11.6 Å². The number of aryl methyl sites for hydroxylation is 1. The van der Waals surface area contributed by atoms with Gasteiger partial charge in [0.2, 0.25) is 0 Å². The molecule has 5 heteroatoms. The summed E-state index contributed by atoms with van der Waals surface area (Å²) in [5, 5.41) is 4.20. The number of nitrogens with zero attached hydrogens (tertiary/aromatic N) is 2. The number of hydrogen-bond acceptors (Lipinski definition) is 3. The molecule has 0 amide bonds. The van der Waals surface area contributed by atoms with Crippen molar-refractivity contribution in [3.63, 3.8) is 0 Å². The van der Waals surface area contributed by atoms with Gasteiger partial charge in [0.1, 0.15) is 0 Å². The molecule has 2 N–H and O–H groups in total. The largest absolute Gasteiger partial charge is 0.320 e. The zero-order valence-corrected chi connectivity index (χ0v) is 9.92. The molecule has 2 heterocycles. The molecule has 1 atom stereocenters. The van der Waals surface area contributed by atoms with Crippen molar-refractivity contribution in [2.75, 3.05) is 0 Å². The van der Waals surface area contributed by atoms with Gasteiger partial charge in [0, 0.05) is 23.2 Å². The molecule has 0 aromatic carbocycles. The summed E-state index contributed by atoms with van der Waals surface area (Å²) in [6.45, 7) is 2.90. The Morgan fingerprint density at radius 3 is 2.93 bits per heavy atom. The van der Waals surface area contributed by atoms with E-state index >= 15 is 0 Å². The molecule has 3 nitrogen and oxygen atoms in total. The summed E-state index contributed by atoms with van der Waals surface area (Å²) in [7, 11) is 0. The van der Waals surface area contributed by atoms with Gasteiger partial charge in [-0.2, -0.15) is 5.10 Å². The van der Waals surface area contributed by atoms with Crippen molar-refractivity contribution >= 4 is 22.9 Å². The quantitative estimate of drug-likeness (QED) is 0.898. The summed E-state index contributed by atoms with van der Waals surface area (Å²) in [4.78, 5) is 1.07. The Labute approximate surface area is 97.5 Å². The Morgan fingerprint density at radius 1 is 1.60 bits per heavy atom. The number of nitrogens with two attached hydrogens (primary N) is 1. The maximum absolute atomic E-state index is 6.10. The fourth-order valence-electron chi connectivity index (χ4n) is 1.37. The minimum absolute atomic E-state index is 0.122. The maximum atomic E-state index is 6.10. The second-order valence-electron chi connectivity index (χ2n) is 3.25. The van der Waals surface area contributed by atoms with Crippen molar-refractivity contribution in [2.45, 2.75) is 19.5 Å². The van der Waals surface area contributed by atoms with Crippen molar-refractivity contribution in [1.82, 2.24) is 9.78 Å². The first-order valence-electron chi connectivity index (χ1n) is 4.74. The Balaban J connectivity index is 2.23. The van der Waals surface area contributed by atoms with Gasteiger partial charge in [-0.3, -0.25) is 4.68 Å². The number of aromatic nitrogens is 2. The van der Waals surface area contributed by atoms with Crippen molar-refractivity contribution in [2.24, 2.45) is 5.73 Å². The van der Waals surface area contributed by atoms with Crippen LogP contribution >= 0.6 is 22.9 Å². The molecule has 2 aromatic heterocycles. The van der Waals surface area contributed by atoms with Gasteiger partial charge in [-0.15, -0.1) is 11.3 Å². The summed E-state index contributed by atoms with van der Waals surface area (Å²) in [6, 6.07) is 3.70. The smallest absolute Gasteiger partial charge is 0.0931 e. The highest BCUT2D eigenvalue weighted by atomic mass is 35.5. The van der Waals surface area contributed by atoms with Gasteiger partial charge in [-0.25, -0.2) is 0 Å². The van der Waals surface area contributed by atoms with Gasteiger partial charge in [0.25, 0.3) is 0 Å². The van der Waals surface area contributed by atoms with Crippen LogP contribution < -0.4 is 5.73 Å². The average molecular weight is 242 g/mol. The lowest BCUT2D eigenvalue weighted by atomic mass is 10.1. The SMILES string of the molecule is CCn1cc(C(N)c2ccc(Cl)s2)cn1. The third-order valence-corrected chi connectivity index (χ3v) is 3.55. The van der Waals surface area contributed by atoms with Gasteiger partial charge in [0.05, 0.1) is 16.6 Å². The molecule has 0 radical (unpaired) electrons. The van der Waals surface area contributed by atoms with E-state index in [1.807, 2.05) is 36.1 Å². The Hall–Kier alpha value is -0.840. The van der Waals surface area contributed by atoms with Crippen LogP contribution in [0.25, 0.3) is 0 Å². The Morgan fingerprint density at radius 2 is 2.40 bits per heavy atom. The predicted molar refractivity (Wildman–Crippen MR) is 63.3 cm³/mol. The normalized spacial score (nSPS) is 13.0. The molecular weight excluding hydrogens is 230 g/mol. The average Bonchev–Trinajstić information content (AvgIpc) is 2.84. The molecule has 0 aliphatic carbocycles. The monoisotopic (exact) mass is 241 g/mol. The minimum Gasteiger partial charge on any atom is -0.320 e. The van der Waals surface area contributed by atoms with E-state index in [0.29, 0.717) is 0 Å². The molecule has 0 bridgehead atoms. The van der Waals surface area contributed by atoms with Crippen LogP contribution in [0.3, 0.4) is 0 Å². The highest BCUT2D eigenvalue weighted by molar-refractivity contribution is 7.16. The first-order chi connectivity index (χ1) is 7.20. The Kier molecular flexibility index (Phi) is 3.09. The van der Waals surface area contributed by atoms with Gasteiger partial charge >= 0.3 is 0 Å². The lowest BCUT2D eigenvalue weighted by Gasteiger charge is -2.05. The molecule has 0 aliphatic rings. The van der Waals surface area contributed by atoms with Gasteiger partial charge in [-0.05, 0) is 19.1 Å². The van der Waals surface area contributed by atoms with Crippen LogP contribution in [0.15, 0.2) is 24.5 Å². The third kappa shape index (κ3) is 2.22. The summed E-state index contributed by atoms with van der Waals surface area (Å²) in [6.07, 6.45) is 3.78. The molecule has 15 heavy (non-hydrogen) atoms. The first-order valence-corrected chi connectivity index (χ1v) is 5.93. The number of thiophene rings is 1. The van der Waals surface area contributed by atoms with Crippen molar-refractivity contribution in [3.8, 4) is 0 Å². The van der Waals surface area contributed by atoms with E-state index < -0.39 is 0 Å². The first kappa shape index (κ1) is 10.7. The maximum Gasteiger partial charge on any atom is 0.0931 e. The van der Waals surface area contributed by atoms with Crippen molar-refractivity contribution in [1.29, 1.82) is 0 Å². The summed E-state index contributed by atoms with van der Waals surface area (Å²) in [5.41, 5.74) is 7.12. The summed E-state index contributed by atoms with van der Waals surface area (Å²) < 4.78 is 2.63.